The molecule has 0 aliphatic carbocycles. The molecule has 0 aromatic heterocycles. The molecule has 5 nitrogen and oxygen atoms in total. The van der Waals surface area contributed by atoms with Gasteiger partial charge in [0.05, 0.1) is 0 Å². The number of carbonyl (C=O) groups is 2. The van der Waals surface area contributed by atoms with Crippen molar-refractivity contribution >= 4 is 11.8 Å². The van der Waals surface area contributed by atoms with Crippen molar-refractivity contribution in [2.45, 2.75) is 46.4 Å². The zero-order chi connectivity index (χ0) is 21.9. The predicted molar refractivity (Wildman–Crippen MR) is 109 cm³/mol. The Balaban J connectivity index is 1.72. The van der Waals surface area contributed by atoms with Gasteiger partial charge in [0.25, 0.3) is 5.91 Å². The van der Waals surface area contributed by atoms with E-state index in [2.05, 4.69) is 30.8 Å². The van der Waals surface area contributed by atoms with Crippen LogP contribution in [-0.2, 0) is 11.3 Å². The highest BCUT2D eigenvalue weighted by Crippen LogP contribution is 2.35. The van der Waals surface area contributed by atoms with Gasteiger partial charge in [-0.25, -0.2) is 0 Å². The minimum Gasteiger partial charge on any atom is -0.435 e. The Hall–Kier alpha value is -2.96. The molecule has 0 spiro atoms. The number of halogens is 2. The number of hydrogen-bond donors (Lipinski definition) is 1. The van der Waals surface area contributed by atoms with Gasteiger partial charge in [0.2, 0.25) is 5.91 Å². The Morgan fingerprint density at radius 1 is 1.13 bits per heavy atom. The van der Waals surface area contributed by atoms with Crippen molar-refractivity contribution < 1.29 is 23.1 Å². The van der Waals surface area contributed by atoms with Crippen molar-refractivity contribution in [2.24, 2.45) is 5.41 Å². The number of alkyl halides is 2. The van der Waals surface area contributed by atoms with Crippen LogP contribution < -0.4 is 10.1 Å². The summed E-state index contributed by atoms with van der Waals surface area (Å²) in [4.78, 5) is 27.6. The normalized spacial score (nSPS) is 16.0. The Morgan fingerprint density at radius 2 is 1.80 bits per heavy atom. The largest absolute Gasteiger partial charge is 0.435 e. The lowest BCUT2D eigenvalue weighted by atomic mass is 9.92. The van der Waals surface area contributed by atoms with Gasteiger partial charge in [-0.3, -0.25) is 9.59 Å². The molecule has 0 radical (unpaired) electrons. The molecule has 0 bridgehead atoms. The molecule has 1 atom stereocenters. The third-order valence-corrected chi connectivity index (χ3v) is 5.02. The maximum absolute atomic E-state index is 13.0. The Bertz CT molecular complexity index is 907. The summed E-state index contributed by atoms with van der Waals surface area (Å²) in [7, 11) is 0. The van der Waals surface area contributed by atoms with Crippen LogP contribution >= 0.6 is 0 Å². The predicted octanol–water partition coefficient (Wildman–Crippen LogP) is 4.54. The van der Waals surface area contributed by atoms with E-state index in [-0.39, 0.29) is 29.5 Å². The Kier molecular flexibility index (Phi) is 6.39. The maximum atomic E-state index is 13.0. The van der Waals surface area contributed by atoms with E-state index in [4.69, 9.17) is 0 Å². The van der Waals surface area contributed by atoms with Crippen LogP contribution in [0.3, 0.4) is 0 Å². The molecule has 1 aliphatic rings. The number of nitrogens with zero attached hydrogens (tertiary/aromatic N) is 1. The van der Waals surface area contributed by atoms with Gasteiger partial charge in [0, 0.05) is 18.7 Å². The molecule has 0 saturated carbocycles. The number of amides is 2. The summed E-state index contributed by atoms with van der Waals surface area (Å²) in [5.41, 5.74) is 2.02. The van der Waals surface area contributed by atoms with E-state index >= 15 is 0 Å². The lowest BCUT2D eigenvalue weighted by molar-refractivity contribution is -0.125. The number of nitrogens with one attached hydrogen (secondary N) is 1. The molecule has 2 aromatic carbocycles. The first-order valence-electron chi connectivity index (χ1n) is 9.87. The van der Waals surface area contributed by atoms with E-state index in [0.717, 1.165) is 12.0 Å². The first-order chi connectivity index (χ1) is 14.2. The lowest BCUT2D eigenvalue weighted by Crippen LogP contribution is -2.40. The SMILES string of the molecule is CC(C)(C)CCN1C(=O)c2ccccc2C1C(=O)NCc1ccc(OC(F)F)cc1. The monoisotopic (exact) mass is 416 g/mol. The fraction of sp³-hybridized carbons (Fsp3) is 0.391. The second-order valence-electron chi connectivity index (χ2n) is 8.54. The first-order valence-corrected chi connectivity index (χ1v) is 9.87. The molecule has 1 unspecified atom stereocenters. The van der Waals surface area contributed by atoms with Crippen LogP contribution in [0.5, 0.6) is 5.75 Å². The standard InChI is InChI=1S/C23H26F2N2O3/c1-23(2,3)12-13-27-19(17-6-4-5-7-18(17)21(27)29)20(28)26-14-15-8-10-16(11-9-15)30-22(24)25/h4-11,19,22H,12-14H2,1-3H3,(H,26,28). The van der Waals surface area contributed by atoms with Crippen LogP contribution in [0.1, 0.15) is 54.7 Å². The molecule has 0 fully saturated rings. The van der Waals surface area contributed by atoms with Crippen LogP contribution in [-0.4, -0.2) is 29.9 Å². The van der Waals surface area contributed by atoms with Gasteiger partial charge in [0.1, 0.15) is 11.8 Å². The highest BCUT2D eigenvalue weighted by Gasteiger charge is 2.40. The van der Waals surface area contributed by atoms with Crippen molar-refractivity contribution in [1.29, 1.82) is 0 Å². The summed E-state index contributed by atoms with van der Waals surface area (Å²) in [6.45, 7) is 4.10. The van der Waals surface area contributed by atoms with Gasteiger partial charge in [-0.1, -0.05) is 51.1 Å². The smallest absolute Gasteiger partial charge is 0.387 e. The summed E-state index contributed by atoms with van der Waals surface area (Å²) < 4.78 is 28.9. The summed E-state index contributed by atoms with van der Waals surface area (Å²) >= 11 is 0. The van der Waals surface area contributed by atoms with Crippen molar-refractivity contribution in [3.8, 4) is 5.75 Å². The van der Waals surface area contributed by atoms with Gasteiger partial charge in [-0.05, 0) is 41.2 Å². The first kappa shape index (κ1) is 21.7. The highest BCUT2D eigenvalue weighted by atomic mass is 19.3. The number of fused-ring (bicyclic) bond motifs is 1. The number of hydrogen-bond acceptors (Lipinski definition) is 3. The zero-order valence-electron chi connectivity index (χ0n) is 17.3. The fourth-order valence-corrected chi connectivity index (χ4v) is 3.41. The molecule has 3 rings (SSSR count). The van der Waals surface area contributed by atoms with Crippen molar-refractivity contribution in [2.75, 3.05) is 6.54 Å². The average Bonchev–Trinajstić information content (AvgIpc) is 2.97. The molecule has 160 valence electrons. The van der Waals surface area contributed by atoms with Crippen LogP contribution in [0.25, 0.3) is 0 Å². The number of rotatable bonds is 7. The van der Waals surface area contributed by atoms with E-state index in [1.54, 1.807) is 29.2 Å². The third-order valence-electron chi connectivity index (χ3n) is 5.02. The molecule has 2 amide bonds. The second-order valence-corrected chi connectivity index (χ2v) is 8.54. The Labute approximate surface area is 175 Å². The summed E-state index contributed by atoms with van der Waals surface area (Å²) in [6.07, 6.45) is 0.766. The van der Waals surface area contributed by atoms with Crippen LogP contribution in [0.2, 0.25) is 0 Å². The maximum Gasteiger partial charge on any atom is 0.387 e. The number of benzene rings is 2. The molecule has 0 saturated heterocycles. The zero-order valence-corrected chi connectivity index (χ0v) is 17.3. The molecule has 2 aromatic rings. The minimum absolute atomic E-state index is 0.0259. The summed E-state index contributed by atoms with van der Waals surface area (Å²) in [6, 6.07) is 12.6. The molecule has 30 heavy (non-hydrogen) atoms. The number of ether oxygens (including phenoxy) is 1. The highest BCUT2D eigenvalue weighted by molar-refractivity contribution is 6.04. The van der Waals surface area contributed by atoms with Gasteiger partial charge in [0.15, 0.2) is 0 Å². The topological polar surface area (TPSA) is 58.6 Å². The molecular formula is C23H26F2N2O3. The van der Waals surface area contributed by atoms with E-state index in [1.165, 1.54) is 12.1 Å². The van der Waals surface area contributed by atoms with Gasteiger partial charge in [-0.15, -0.1) is 0 Å². The minimum atomic E-state index is -2.88. The van der Waals surface area contributed by atoms with Crippen LogP contribution in [0, 0.1) is 5.41 Å². The van der Waals surface area contributed by atoms with Crippen LogP contribution in [0.15, 0.2) is 48.5 Å². The molecule has 1 N–H and O–H groups in total. The van der Waals surface area contributed by atoms with Gasteiger partial charge in [-0.2, -0.15) is 8.78 Å². The molecule has 7 heteroatoms. The third kappa shape index (κ3) is 5.14. The van der Waals surface area contributed by atoms with Crippen molar-refractivity contribution in [3.05, 3.63) is 65.2 Å². The molecule has 1 aliphatic heterocycles. The lowest BCUT2D eigenvalue weighted by Gasteiger charge is -2.28. The number of carbonyl (C=O) groups excluding carboxylic acids is 2. The van der Waals surface area contributed by atoms with E-state index in [1.807, 2.05) is 12.1 Å². The van der Waals surface area contributed by atoms with Gasteiger partial charge >= 0.3 is 6.61 Å². The fourth-order valence-electron chi connectivity index (χ4n) is 3.41. The van der Waals surface area contributed by atoms with Crippen molar-refractivity contribution in [1.82, 2.24) is 10.2 Å². The summed E-state index contributed by atoms with van der Waals surface area (Å²) in [5.74, 6) is -0.345. The van der Waals surface area contributed by atoms with Gasteiger partial charge < -0.3 is 15.0 Å². The second kappa shape index (κ2) is 8.81. The Morgan fingerprint density at radius 3 is 2.43 bits per heavy atom. The molecular weight excluding hydrogens is 390 g/mol. The van der Waals surface area contributed by atoms with Crippen molar-refractivity contribution in [3.63, 3.8) is 0 Å². The quantitative estimate of drug-likeness (QED) is 0.721. The van der Waals surface area contributed by atoms with Crippen LogP contribution in [0.4, 0.5) is 8.78 Å². The van der Waals surface area contributed by atoms with E-state index in [9.17, 15) is 18.4 Å². The molecule has 1 heterocycles. The van der Waals surface area contributed by atoms with E-state index in [0.29, 0.717) is 17.7 Å². The van der Waals surface area contributed by atoms with E-state index < -0.39 is 12.7 Å². The average molecular weight is 416 g/mol. The summed E-state index contributed by atoms with van der Waals surface area (Å²) in [5, 5.41) is 2.87.